The minimum atomic E-state index is -0.669. The predicted octanol–water partition coefficient (Wildman–Crippen LogP) is 2.25. The first-order chi connectivity index (χ1) is 10.4. The molecule has 0 amide bonds. The van der Waals surface area contributed by atoms with Crippen LogP contribution in [0.1, 0.15) is 25.8 Å². The van der Waals surface area contributed by atoms with Gasteiger partial charge in [-0.3, -0.25) is 14.9 Å². The van der Waals surface area contributed by atoms with Crippen LogP contribution in [0.25, 0.3) is 0 Å². The molecule has 2 rings (SSSR count). The van der Waals surface area contributed by atoms with Gasteiger partial charge in [0.1, 0.15) is 5.69 Å². The third-order valence-corrected chi connectivity index (χ3v) is 3.88. The number of hydrogen-bond acceptors (Lipinski definition) is 6. The van der Waals surface area contributed by atoms with E-state index >= 15 is 0 Å². The standard InChI is InChI=1S/C15H17N3O4/c1-3-22-14(19)15(2)6-7-17(10-15)12-5-4-11(9-16)8-13(12)18(20)21/h4-5,8H,3,6-7,10H2,1-2H3. The van der Waals surface area contributed by atoms with E-state index in [9.17, 15) is 14.9 Å². The zero-order valence-corrected chi connectivity index (χ0v) is 12.5. The van der Waals surface area contributed by atoms with Crippen LogP contribution in [0, 0.1) is 26.9 Å². The Bertz CT molecular complexity index is 653. The number of ether oxygens (including phenoxy) is 1. The fourth-order valence-electron chi connectivity index (χ4n) is 2.65. The Morgan fingerprint density at radius 3 is 2.91 bits per heavy atom. The van der Waals surface area contributed by atoms with Crippen LogP contribution in [0.15, 0.2) is 18.2 Å². The summed E-state index contributed by atoms with van der Waals surface area (Å²) >= 11 is 0. The quantitative estimate of drug-likeness (QED) is 0.481. The van der Waals surface area contributed by atoms with Gasteiger partial charge in [-0.1, -0.05) is 0 Å². The molecule has 0 aliphatic carbocycles. The molecule has 7 nitrogen and oxygen atoms in total. The monoisotopic (exact) mass is 303 g/mol. The molecule has 1 unspecified atom stereocenters. The number of carbonyl (C=O) groups excluding carboxylic acids is 1. The van der Waals surface area contributed by atoms with Crippen LogP contribution in [-0.4, -0.2) is 30.6 Å². The number of rotatable bonds is 4. The summed E-state index contributed by atoms with van der Waals surface area (Å²) < 4.78 is 5.08. The highest BCUT2D eigenvalue weighted by atomic mass is 16.6. The van der Waals surface area contributed by atoms with E-state index in [2.05, 4.69) is 0 Å². The van der Waals surface area contributed by atoms with Gasteiger partial charge < -0.3 is 9.64 Å². The van der Waals surface area contributed by atoms with Crippen molar-refractivity contribution in [1.29, 1.82) is 5.26 Å². The van der Waals surface area contributed by atoms with Gasteiger partial charge in [-0.2, -0.15) is 5.26 Å². The number of anilines is 1. The summed E-state index contributed by atoms with van der Waals surface area (Å²) in [5.74, 6) is -0.284. The zero-order chi connectivity index (χ0) is 16.3. The van der Waals surface area contributed by atoms with Crippen molar-refractivity contribution in [3.05, 3.63) is 33.9 Å². The molecule has 0 N–H and O–H groups in total. The molecule has 1 aliphatic heterocycles. The Balaban J connectivity index is 2.29. The van der Waals surface area contributed by atoms with Crippen molar-refractivity contribution in [3.63, 3.8) is 0 Å². The summed E-state index contributed by atoms with van der Waals surface area (Å²) in [7, 11) is 0. The fraction of sp³-hybridized carbons (Fsp3) is 0.467. The lowest BCUT2D eigenvalue weighted by molar-refractivity contribution is -0.384. The number of carbonyl (C=O) groups is 1. The Kier molecular flexibility index (Phi) is 4.31. The van der Waals surface area contributed by atoms with Gasteiger partial charge in [0.25, 0.3) is 5.69 Å². The van der Waals surface area contributed by atoms with E-state index in [0.29, 0.717) is 31.8 Å². The molecule has 1 aliphatic rings. The van der Waals surface area contributed by atoms with Crippen LogP contribution in [0.2, 0.25) is 0 Å². The first kappa shape index (κ1) is 15.8. The molecule has 1 saturated heterocycles. The molecular weight excluding hydrogens is 286 g/mol. The van der Waals surface area contributed by atoms with Crippen molar-refractivity contribution < 1.29 is 14.5 Å². The Hall–Kier alpha value is -2.62. The molecule has 0 radical (unpaired) electrons. The summed E-state index contributed by atoms with van der Waals surface area (Å²) in [5, 5.41) is 20.1. The van der Waals surface area contributed by atoms with Gasteiger partial charge in [0.2, 0.25) is 0 Å². The average molecular weight is 303 g/mol. The highest BCUT2D eigenvalue weighted by molar-refractivity contribution is 5.79. The summed E-state index contributed by atoms with van der Waals surface area (Å²) in [6, 6.07) is 6.26. The molecule has 1 aromatic rings. The van der Waals surface area contributed by atoms with Crippen LogP contribution in [-0.2, 0) is 9.53 Å². The van der Waals surface area contributed by atoms with Gasteiger partial charge in [0.05, 0.1) is 28.6 Å². The number of nitriles is 1. The normalized spacial score (nSPS) is 20.5. The zero-order valence-electron chi connectivity index (χ0n) is 12.5. The molecule has 7 heteroatoms. The summed E-state index contributed by atoms with van der Waals surface area (Å²) in [4.78, 5) is 24.6. The van der Waals surface area contributed by atoms with E-state index < -0.39 is 10.3 Å². The van der Waals surface area contributed by atoms with Crippen molar-refractivity contribution in [3.8, 4) is 6.07 Å². The number of nitro benzene ring substituents is 1. The minimum absolute atomic E-state index is 0.118. The second kappa shape index (κ2) is 6.02. The van der Waals surface area contributed by atoms with Crippen LogP contribution < -0.4 is 4.90 Å². The second-order valence-electron chi connectivity index (χ2n) is 5.53. The first-order valence-electron chi connectivity index (χ1n) is 7.02. The number of benzene rings is 1. The molecule has 1 aromatic carbocycles. The molecule has 1 atom stereocenters. The first-order valence-corrected chi connectivity index (χ1v) is 7.02. The maximum absolute atomic E-state index is 12.0. The molecule has 116 valence electrons. The van der Waals surface area contributed by atoms with Gasteiger partial charge in [0, 0.05) is 19.2 Å². The van der Waals surface area contributed by atoms with E-state index in [1.165, 1.54) is 6.07 Å². The highest BCUT2D eigenvalue weighted by Gasteiger charge is 2.43. The minimum Gasteiger partial charge on any atom is -0.466 e. The van der Waals surface area contributed by atoms with E-state index in [-0.39, 0.29) is 17.2 Å². The molecule has 22 heavy (non-hydrogen) atoms. The molecular formula is C15H17N3O4. The molecule has 1 heterocycles. The Morgan fingerprint density at radius 1 is 1.59 bits per heavy atom. The lowest BCUT2D eigenvalue weighted by Crippen LogP contribution is -2.33. The van der Waals surface area contributed by atoms with E-state index in [1.54, 1.807) is 30.9 Å². The number of esters is 1. The van der Waals surface area contributed by atoms with Crippen molar-refractivity contribution in [2.45, 2.75) is 20.3 Å². The molecule has 0 saturated carbocycles. The number of nitro groups is 1. The molecule has 0 spiro atoms. The Labute approximate surface area is 128 Å². The van der Waals surface area contributed by atoms with Gasteiger partial charge in [-0.25, -0.2) is 0 Å². The van der Waals surface area contributed by atoms with Crippen LogP contribution in [0.4, 0.5) is 11.4 Å². The van der Waals surface area contributed by atoms with E-state index in [0.717, 1.165) is 0 Å². The topological polar surface area (TPSA) is 96.5 Å². The highest BCUT2D eigenvalue weighted by Crippen LogP contribution is 2.38. The van der Waals surface area contributed by atoms with E-state index in [1.807, 2.05) is 6.07 Å². The van der Waals surface area contributed by atoms with Gasteiger partial charge >= 0.3 is 5.97 Å². The van der Waals surface area contributed by atoms with Gasteiger partial charge in [-0.05, 0) is 32.4 Å². The summed E-state index contributed by atoms with van der Waals surface area (Å²) in [6.07, 6.45) is 0.572. The Morgan fingerprint density at radius 2 is 2.32 bits per heavy atom. The van der Waals surface area contributed by atoms with Gasteiger partial charge in [0.15, 0.2) is 0 Å². The average Bonchev–Trinajstić information content (AvgIpc) is 2.90. The fourth-order valence-corrected chi connectivity index (χ4v) is 2.65. The molecule has 0 bridgehead atoms. The molecule has 0 aromatic heterocycles. The smallest absolute Gasteiger partial charge is 0.313 e. The second-order valence-corrected chi connectivity index (χ2v) is 5.53. The van der Waals surface area contributed by atoms with Crippen molar-refractivity contribution in [2.75, 3.05) is 24.6 Å². The number of hydrogen-bond donors (Lipinski definition) is 0. The summed E-state index contributed by atoms with van der Waals surface area (Å²) in [5.41, 5.74) is -0.121. The van der Waals surface area contributed by atoms with E-state index in [4.69, 9.17) is 10.00 Å². The van der Waals surface area contributed by atoms with Gasteiger partial charge in [-0.15, -0.1) is 0 Å². The van der Waals surface area contributed by atoms with Crippen molar-refractivity contribution in [2.24, 2.45) is 5.41 Å². The third-order valence-electron chi connectivity index (χ3n) is 3.88. The lowest BCUT2D eigenvalue weighted by Gasteiger charge is -2.23. The van der Waals surface area contributed by atoms with Crippen LogP contribution >= 0.6 is 0 Å². The lowest BCUT2D eigenvalue weighted by atomic mass is 9.90. The maximum Gasteiger partial charge on any atom is 0.313 e. The van der Waals surface area contributed by atoms with Crippen LogP contribution in [0.3, 0.4) is 0 Å². The number of nitrogens with zero attached hydrogens (tertiary/aromatic N) is 3. The molecule has 1 fully saturated rings. The predicted molar refractivity (Wildman–Crippen MR) is 79.4 cm³/mol. The maximum atomic E-state index is 12.0. The largest absolute Gasteiger partial charge is 0.466 e. The van der Waals surface area contributed by atoms with Crippen molar-refractivity contribution in [1.82, 2.24) is 0 Å². The third kappa shape index (κ3) is 2.86. The van der Waals surface area contributed by atoms with Crippen LogP contribution in [0.5, 0.6) is 0 Å². The SMILES string of the molecule is CCOC(=O)C1(C)CCN(c2ccc(C#N)cc2[N+](=O)[O-])C1. The summed E-state index contributed by atoms with van der Waals surface area (Å²) in [6.45, 7) is 4.76. The van der Waals surface area contributed by atoms with Crippen molar-refractivity contribution >= 4 is 17.3 Å².